The zero-order chi connectivity index (χ0) is 21.0. The molecular formula is C18H17N5O5S. The first kappa shape index (κ1) is 20.3. The Balaban J connectivity index is 1.56. The van der Waals surface area contributed by atoms with Gasteiger partial charge in [0.25, 0.3) is 0 Å². The van der Waals surface area contributed by atoms with Gasteiger partial charge in [-0.3, -0.25) is 19.7 Å². The molecule has 0 aliphatic carbocycles. The molecule has 1 atom stereocenters. The second-order valence-electron chi connectivity index (χ2n) is 6.25. The molecule has 2 N–H and O–H groups in total. The van der Waals surface area contributed by atoms with Crippen molar-refractivity contribution < 1.29 is 18.9 Å². The Morgan fingerprint density at radius 1 is 1.38 bits per heavy atom. The maximum Gasteiger partial charge on any atom is 0.433 e. The fourth-order valence-electron chi connectivity index (χ4n) is 2.56. The van der Waals surface area contributed by atoms with E-state index in [0.717, 1.165) is 22.9 Å². The van der Waals surface area contributed by atoms with Crippen LogP contribution in [0.3, 0.4) is 0 Å². The van der Waals surface area contributed by atoms with Crippen LogP contribution in [0.25, 0.3) is 0 Å². The number of amides is 2. The minimum absolute atomic E-state index is 0.0169. The lowest BCUT2D eigenvalue weighted by atomic mass is 10.1. The average Bonchev–Trinajstić information content (AvgIpc) is 3.25. The van der Waals surface area contributed by atoms with E-state index in [9.17, 15) is 19.7 Å². The highest BCUT2D eigenvalue weighted by atomic mass is 32.2. The molecule has 1 aliphatic rings. The van der Waals surface area contributed by atoms with Crippen LogP contribution < -0.4 is 10.6 Å². The molecule has 2 aromatic rings. The van der Waals surface area contributed by atoms with Crippen molar-refractivity contribution in [1.29, 1.82) is 0 Å². The largest absolute Gasteiger partial charge is 0.433 e. The quantitative estimate of drug-likeness (QED) is 0.422. The molecule has 0 spiro atoms. The van der Waals surface area contributed by atoms with Crippen LogP contribution in [0.1, 0.15) is 23.3 Å². The fraction of sp³-hybridized carbons (Fsp3) is 0.222. The van der Waals surface area contributed by atoms with Gasteiger partial charge in [0.15, 0.2) is 10.9 Å². The lowest BCUT2D eigenvalue weighted by molar-refractivity contribution is -0.402. The molecule has 3 rings (SSSR count). The summed E-state index contributed by atoms with van der Waals surface area (Å²) in [5.74, 6) is -0.872. The first-order valence-electron chi connectivity index (χ1n) is 8.51. The minimum Gasteiger partial charge on any atom is -0.400 e. The van der Waals surface area contributed by atoms with Gasteiger partial charge in [0.05, 0.1) is 12.3 Å². The van der Waals surface area contributed by atoms with Crippen molar-refractivity contribution in [3.05, 3.63) is 57.3 Å². The van der Waals surface area contributed by atoms with Gasteiger partial charge < -0.3 is 15.1 Å². The molecule has 1 aromatic heterocycles. The van der Waals surface area contributed by atoms with Crippen LogP contribution in [0.5, 0.6) is 0 Å². The van der Waals surface area contributed by atoms with Gasteiger partial charge in [-0.1, -0.05) is 29.5 Å². The Kier molecular flexibility index (Phi) is 6.07. The van der Waals surface area contributed by atoms with Gasteiger partial charge in [-0.05, 0) is 31.5 Å². The lowest BCUT2D eigenvalue weighted by Gasteiger charge is -2.10. The highest BCUT2D eigenvalue weighted by Crippen LogP contribution is 2.24. The summed E-state index contributed by atoms with van der Waals surface area (Å²) in [6.07, 6.45) is 1.17. The summed E-state index contributed by atoms with van der Waals surface area (Å²) in [6, 6.07) is 8.26. The molecule has 0 radical (unpaired) electrons. The third kappa shape index (κ3) is 5.29. The number of nitrogens with one attached hydrogen (secondary N) is 2. The van der Waals surface area contributed by atoms with Crippen LogP contribution in [-0.2, 0) is 9.59 Å². The number of thioether (sulfide) groups is 1. The normalized spacial score (nSPS) is 17.7. The maximum absolute atomic E-state index is 12.3. The number of nitro groups is 1. The number of aryl methyl sites for hydroxylation is 2. The smallest absolute Gasteiger partial charge is 0.400 e. The Morgan fingerprint density at radius 3 is 2.86 bits per heavy atom. The molecule has 2 heterocycles. The van der Waals surface area contributed by atoms with Gasteiger partial charge in [0.1, 0.15) is 10.2 Å². The zero-order valence-corrected chi connectivity index (χ0v) is 16.4. The molecule has 1 aliphatic heterocycles. The van der Waals surface area contributed by atoms with E-state index in [1.54, 1.807) is 0 Å². The average molecular weight is 415 g/mol. The molecule has 0 bridgehead atoms. The number of hydrogen-bond donors (Lipinski definition) is 2. The highest BCUT2D eigenvalue weighted by Gasteiger charge is 2.32. The van der Waals surface area contributed by atoms with Gasteiger partial charge >= 0.3 is 5.88 Å². The van der Waals surface area contributed by atoms with E-state index in [4.69, 9.17) is 4.42 Å². The lowest BCUT2D eigenvalue weighted by Crippen LogP contribution is -2.28. The van der Waals surface area contributed by atoms with Crippen molar-refractivity contribution in [2.75, 3.05) is 5.32 Å². The second-order valence-corrected chi connectivity index (χ2v) is 7.44. The molecule has 1 saturated heterocycles. The molecule has 29 heavy (non-hydrogen) atoms. The van der Waals surface area contributed by atoms with E-state index >= 15 is 0 Å². The van der Waals surface area contributed by atoms with Crippen LogP contribution in [0.4, 0.5) is 11.6 Å². The number of hydrogen-bond acceptors (Lipinski definition) is 8. The first-order valence-corrected chi connectivity index (χ1v) is 9.39. The number of carbonyl (C=O) groups excluding carboxylic acids is 2. The molecular weight excluding hydrogens is 398 g/mol. The van der Waals surface area contributed by atoms with Crippen LogP contribution in [-0.4, -0.2) is 33.4 Å². The zero-order valence-electron chi connectivity index (χ0n) is 15.5. The van der Waals surface area contributed by atoms with Crippen molar-refractivity contribution in [3.63, 3.8) is 0 Å². The van der Waals surface area contributed by atoms with Gasteiger partial charge in [0.2, 0.25) is 11.8 Å². The summed E-state index contributed by atoms with van der Waals surface area (Å²) in [6.45, 7) is 3.87. The summed E-state index contributed by atoms with van der Waals surface area (Å²) < 4.78 is 4.91. The summed E-state index contributed by atoms with van der Waals surface area (Å²) in [5, 5.41) is 23.1. The monoisotopic (exact) mass is 415 g/mol. The number of carbonyl (C=O) groups is 2. The molecule has 0 saturated carbocycles. The number of anilines is 1. The van der Waals surface area contributed by atoms with Gasteiger partial charge in [-0.15, -0.1) is 5.10 Å². The van der Waals surface area contributed by atoms with E-state index in [2.05, 4.69) is 20.8 Å². The van der Waals surface area contributed by atoms with Crippen molar-refractivity contribution >= 4 is 46.5 Å². The molecule has 1 fully saturated rings. The van der Waals surface area contributed by atoms with Gasteiger partial charge in [-0.2, -0.15) is 5.10 Å². The third-order valence-electron chi connectivity index (χ3n) is 3.93. The van der Waals surface area contributed by atoms with Crippen LogP contribution in [0, 0.1) is 24.0 Å². The van der Waals surface area contributed by atoms with Crippen LogP contribution in [0.15, 0.2) is 45.0 Å². The van der Waals surface area contributed by atoms with Crippen molar-refractivity contribution in [2.24, 2.45) is 10.2 Å². The second kappa shape index (κ2) is 8.69. The summed E-state index contributed by atoms with van der Waals surface area (Å²) in [7, 11) is 0. The highest BCUT2D eigenvalue weighted by molar-refractivity contribution is 8.15. The van der Waals surface area contributed by atoms with Crippen molar-refractivity contribution in [3.8, 4) is 0 Å². The van der Waals surface area contributed by atoms with E-state index in [1.807, 2.05) is 32.0 Å². The molecule has 11 heteroatoms. The number of nitrogens with zero attached hydrogens (tertiary/aromatic N) is 3. The van der Waals surface area contributed by atoms with Gasteiger partial charge in [-0.25, -0.2) is 0 Å². The van der Waals surface area contributed by atoms with Gasteiger partial charge in [0, 0.05) is 12.1 Å². The Hall–Kier alpha value is -3.47. The van der Waals surface area contributed by atoms with Crippen molar-refractivity contribution in [1.82, 2.24) is 5.32 Å². The summed E-state index contributed by atoms with van der Waals surface area (Å²) in [4.78, 5) is 34.2. The fourth-order valence-corrected chi connectivity index (χ4v) is 3.48. The SMILES string of the molecule is Cc1ccc(NC(=O)C[C@H]2S/C(=N\N=C/c3ccc([N+](=O)[O-])o3)NC2=O)c(C)c1. The first-order chi connectivity index (χ1) is 13.8. The molecule has 2 amide bonds. The van der Waals surface area contributed by atoms with Crippen LogP contribution >= 0.6 is 11.8 Å². The molecule has 0 unspecified atom stereocenters. The minimum atomic E-state index is -0.663. The van der Waals surface area contributed by atoms with Crippen LogP contribution in [0.2, 0.25) is 0 Å². The van der Waals surface area contributed by atoms with Crippen molar-refractivity contribution in [2.45, 2.75) is 25.5 Å². The summed E-state index contributed by atoms with van der Waals surface area (Å²) in [5.41, 5.74) is 2.74. The van der Waals surface area contributed by atoms with E-state index in [0.29, 0.717) is 5.69 Å². The topological polar surface area (TPSA) is 139 Å². The number of rotatable bonds is 6. The molecule has 10 nitrogen and oxygen atoms in total. The summed E-state index contributed by atoms with van der Waals surface area (Å²) >= 11 is 1.09. The Bertz CT molecular complexity index is 1030. The molecule has 1 aromatic carbocycles. The number of benzene rings is 1. The maximum atomic E-state index is 12.3. The predicted octanol–water partition coefficient (Wildman–Crippen LogP) is 2.75. The van der Waals surface area contributed by atoms with E-state index in [1.165, 1.54) is 18.3 Å². The van der Waals surface area contributed by atoms with E-state index in [-0.39, 0.29) is 29.2 Å². The third-order valence-corrected chi connectivity index (χ3v) is 5.00. The Morgan fingerprint density at radius 2 is 2.17 bits per heavy atom. The predicted molar refractivity (Wildman–Crippen MR) is 109 cm³/mol. The number of amidine groups is 1. The Labute approximate surface area is 169 Å². The number of furan rings is 1. The molecule has 150 valence electrons. The standard InChI is InChI=1S/C18H17N5O5S/c1-10-3-5-13(11(2)7-10)20-15(24)8-14-17(25)21-18(29-14)22-19-9-12-4-6-16(28-12)23(26)27/h3-7,9,14H,8H2,1-2H3,(H,20,24)(H,21,22,25)/b19-9-/t14-/m1/s1. The van der Waals surface area contributed by atoms with E-state index < -0.39 is 16.1 Å².